The smallest absolute Gasteiger partial charge is 0.174 e. The minimum absolute atomic E-state index is 0.0242. The van der Waals surface area contributed by atoms with Crippen molar-refractivity contribution in [2.75, 3.05) is 13.2 Å². The first-order valence-corrected chi connectivity index (χ1v) is 9.29. The van der Waals surface area contributed by atoms with Crippen molar-refractivity contribution in [3.8, 4) is 5.75 Å². The predicted molar refractivity (Wildman–Crippen MR) is 94.5 cm³/mol. The van der Waals surface area contributed by atoms with Gasteiger partial charge in [0.15, 0.2) is 5.76 Å². The molecule has 0 unspecified atom stereocenters. The number of ether oxygens (including phenoxy) is 2. The SMILES string of the molecule is c1ccc(OCc2cc(CC3(NC4CCCCC4)COC3)no2)cc1. The standard InChI is InChI=1S/C20H26N2O3/c1-3-7-16(8-4-1)21-20(14-23-15-20)12-17-11-19(25-22-17)13-24-18-9-5-2-6-10-18/h2,5-6,9-11,16,21H,1,3-4,7-8,12-15H2. The van der Waals surface area contributed by atoms with Gasteiger partial charge in [-0.05, 0) is 25.0 Å². The van der Waals surface area contributed by atoms with Crippen molar-refractivity contribution in [2.24, 2.45) is 0 Å². The zero-order valence-corrected chi connectivity index (χ0v) is 14.6. The molecule has 0 amide bonds. The maximum absolute atomic E-state index is 5.72. The monoisotopic (exact) mass is 342 g/mol. The Bertz CT molecular complexity index is 661. The molecule has 2 heterocycles. The molecule has 0 spiro atoms. The molecule has 2 aromatic rings. The summed E-state index contributed by atoms with van der Waals surface area (Å²) in [6, 6.07) is 12.4. The lowest BCUT2D eigenvalue weighted by Crippen LogP contribution is -2.64. The van der Waals surface area contributed by atoms with E-state index in [1.54, 1.807) is 0 Å². The molecule has 0 radical (unpaired) electrons. The highest BCUT2D eigenvalue weighted by molar-refractivity contribution is 5.21. The lowest BCUT2D eigenvalue weighted by atomic mass is 9.87. The molecule has 1 saturated carbocycles. The number of para-hydroxylation sites is 1. The van der Waals surface area contributed by atoms with Crippen LogP contribution in [0, 0.1) is 0 Å². The van der Waals surface area contributed by atoms with Crippen LogP contribution in [0.5, 0.6) is 5.75 Å². The minimum atomic E-state index is 0.0242. The van der Waals surface area contributed by atoms with Crippen molar-refractivity contribution in [1.29, 1.82) is 0 Å². The van der Waals surface area contributed by atoms with Crippen LogP contribution in [0.4, 0.5) is 0 Å². The maximum Gasteiger partial charge on any atom is 0.174 e. The van der Waals surface area contributed by atoms with Crippen LogP contribution < -0.4 is 10.1 Å². The molecular weight excluding hydrogens is 316 g/mol. The Balaban J connectivity index is 1.33. The molecule has 134 valence electrons. The molecule has 1 N–H and O–H groups in total. The van der Waals surface area contributed by atoms with E-state index in [0.29, 0.717) is 12.6 Å². The molecular formula is C20H26N2O3. The van der Waals surface area contributed by atoms with E-state index in [-0.39, 0.29) is 5.54 Å². The fourth-order valence-corrected chi connectivity index (χ4v) is 3.79. The van der Waals surface area contributed by atoms with E-state index in [2.05, 4.69) is 10.5 Å². The second-order valence-electron chi connectivity index (χ2n) is 7.32. The van der Waals surface area contributed by atoms with Crippen molar-refractivity contribution < 1.29 is 14.0 Å². The van der Waals surface area contributed by atoms with Crippen LogP contribution in [0.1, 0.15) is 43.6 Å². The lowest BCUT2D eigenvalue weighted by Gasteiger charge is -2.45. The fraction of sp³-hybridized carbons (Fsp3) is 0.550. The van der Waals surface area contributed by atoms with Gasteiger partial charge in [-0.15, -0.1) is 0 Å². The van der Waals surface area contributed by atoms with Crippen molar-refractivity contribution in [1.82, 2.24) is 10.5 Å². The summed E-state index contributed by atoms with van der Waals surface area (Å²) >= 11 is 0. The number of hydrogen-bond acceptors (Lipinski definition) is 5. The van der Waals surface area contributed by atoms with E-state index in [4.69, 9.17) is 14.0 Å². The van der Waals surface area contributed by atoms with Crippen LogP contribution in [0.15, 0.2) is 40.9 Å². The zero-order chi connectivity index (χ0) is 17.0. The van der Waals surface area contributed by atoms with Gasteiger partial charge in [0.05, 0.1) is 24.4 Å². The van der Waals surface area contributed by atoms with Gasteiger partial charge in [-0.25, -0.2) is 0 Å². The molecule has 5 heteroatoms. The average molecular weight is 342 g/mol. The lowest BCUT2D eigenvalue weighted by molar-refractivity contribution is -0.0815. The third kappa shape index (κ3) is 4.22. The summed E-state index contributed by atoms with van der Waals surface area (Å²) in [6.07, 6.45) is 7.43. The van der Waals surface area contributed by atoms with Crippen LogP contribution in [0.3, 0.4) is 0 Å². The molecule has 1 aromatic heterocycles. The van der Waals surface area contributed by atoms with E-state index in [1.807, 2.05) is 36.4 Å². The Hall–Kier alpha value is -1.85. The van der Waals surface area contributed by atoms with Crippen LogP contribution in [-0.2, 0) is 17.8 Å². The largest absolute Gasteiger partial charge is 0.486 e. The Kier molecular flexibility index (Phi) is 5.04. The Morgan fingerprint density at radius 3 is 2.64 bits per heavy atom. The molecule has 0 bridgehead atoms. The van der Waals surface area contributed by atoms with Gasteiger partial charge in [0.2, 0.25) is 0 Å². The normalized spacial score (nSPS) is 20.2. The zero-order valence-electron chi connectivity index (χ0n) is 14.6. The van der Waals surface area contributed by atoms with Crippen LogP contribution >= 0.6 is 0 Å². The summed E-state index contributed by atoms with van der Waals surface area (Å²) in [5, 5.41) is 8.08. The Morgan fingerprint density at radius 2 is 1.92 bits per heavy atom. The fourth-order valence-electron chi connectivity index (χ4n) is 3.79. The van der Waals surface area contributed by atoms with E-state index in [0.717, 1.165) is 36.8 Å². The van der Waals surface area contributed by atoms with Gasteiger partial charge in [0, 0.05) is 18.5 Å². The van der Waals surface area contributed by atoms with Gasteiger partial charge in [0.1, 0.15) is 12.4 Å². The summed E-state index contributed by atoms with van der Waals surface area (Å²) in [5.74, 6) is 1.59. The maximum atomic E-state index is 5.72. The van der Waals surface area contributed by atoms with Gasteiger partial charge in [-0.3, -0.25) is 0 Å². The first-order valence-electron chi connectivity index (χ1n) is 9.29. The van der Waals surface area contributed by atoms with E-state index in [1.165, 1.54) is 32.1 Å². The van der Waals surface area contributed by atoms with Crippen LogP contribution in [0.2, 0.25) is 0 Å². The summed E-state index contributed by atoms with van der Waals surface area (Å²) < 4.78 is 16.7. The van der Waals surface area contributed by atoms with Gasteiger partial charge in [-0.1, -0.05) is 42.6 Å². The molecule has 1 aliphatic carbocycles. The highest BCUT2D eigenvalue weighted by Gasteiger charge is 2.41. The summed E-state index contributed by atoms with van der Waals surface area (Å²) in [7, 11) is 0. The quantitative estimate of drug-likeness (QED) is 0.835. The first-order chi connectivity index (χ1) is 12.3. The second kappa shape index (κ2) is 7.58. The molecule has 1 saturated heterocycles. The summed E-state index contributed by atoms with van der Waals surface area (Å²) in [5.41, 5.74) is 0.995. The van der Waals surface area contributed by atoms with Gasteiger partial charge < -0.3 is 19.3 Å². The van der Waals surface area contributed by atoms with Crippen molar-refractivity contribution in [3.63, 3.8) is 0 Å². The Morgan fingerprint density at radius 1 is 1.12 bits per heavy atom. The highest BCUT2D eigenvalue weighted by atomic mass is 16.5. The first kappa shape index (κ1) is 16.6. The highest BCUT2D eigenvalue weighted by Crippen LogP contribution is 2.27. The number of benzene rings is 1. The molecule has 5 nitrogen and oxygen atoms in total. The van der Waals surface area contributed by atoms with Crippen molar-refractivity contribution >= 4 is 0 Å². The third-order valence-corrected chi connectivity index (χ3v) is 5.12. The van der Waals surface area contributed by atoms with Gasteiger partial charge in [-0.2, -0.15) is 0 Å². The molecule has 2 fully saturated rings. The third-order valence-electron chi connectivity index (χ3n) is 5.12. The molecule has 4 rings (SSSR count). The van der Waals surface area contributed by atoms with Crippen LogP contribution in [-0.4, -0.2) is 30.0 Å². The minimum Gasteiger partial charge on any atom is -0.486 e. The molecule has 2 aliphatic rings. The Labute approximate surface area is 148 Å². The second-order valence-corrected chi connectivity index (χ2v) is 7.32. The van der Waals surface area contributed by atoms with E-state index < -0.39 is 0 Å². The van der Waals surface area contributed by atoms with Gasteiger partial charge >= 0.3 is 0 Å². The number of hydrogen-bond donors (Lipinski definition) is 1. The van der Waals surface area contributed by atoms with Crippen LogP contribution in [0.25, 0.3) is 0 Å². The summed E-state index contributed by atoms with van der Waals surface area (Å²) in [6.45, 7) is 1.91. The molecule has 1 aromatic carbocycles. The molecule has 0 atom stereocenters. The number of nitrogens with one attached hydrogen (secondary N) is 1. The number of aromatic nitrogens is 1. The molecule has 1 aliphatic heterocycles. The average Bonchev–Trinajstić information content (AvgIpc) is 3.07. The van der Waals surface area contributed by atoms with E-state index >= 15 is 0 Å². The predicted octanol–water partition coefficient (Wildman–Crippen LogP) is 3.49. The number of rotatable bonds is 7. The number of nitrogens with zero attached hydrogens (tertiary/aromatic N) is 1. The van der Waals surface area contributed by atoms with Crippen molar-refractivity contribution in [3.05, 3.63) is 47.9 Å². The van der Waals surface area contributed by atoms with Gasteiger partial charge in [0.25, 0.3) is 0 Å². The molecule has 25 heavy (non-hydrogen) atoms. The summed E-state index contributed by atoms with van der Waals surface area (Å²) in [4.78, 5) is 0. The van der Waals surface area contributed by atoms with E-state index in [9.17, 15) is 0 Å². The van der Waals surface area contributed by atoms with Crippen molar-refractivity contribution in [2.45, 2.75) is 56.7 Å². The topological polar surface area (TPSA) is 56.5 Å².